The molecule has 0 saturated heterocycles. The number of hydrogen-bond acceptors (Lipinski definition) is 3. The fourth-order valence-corrected chi connectivity index (χ4v) is 5.15. The maximum absolute atomic E-state index is 13.6. The van der Waals surface area contributed by atoms with Crippen LogP contribution in [-0.4, -0.2) is 11.7 Å². The normalized spacial score (nSPS) is 19.8. The third kappa shape index (κ3) is 4.64. The molecule has 0 radical (unpaired) electrons. The molecule has 0 saturated carbocycles. The highest BCUT2D eigenvalue weighted by atomic mass is 35.5. The molecule has 0 fully saturated rings. The van der Waals surface area contributed by atoms with Crippen LogP contribution < -0.4 is 10.6 Å². The smallest absolute Gasteiger partial charge is 0.254 e. The van der Waals surface area contributed by atoms with Crippen LogP contribution in [0.15, 0.2) is 101 Å². The van der Waals surface area contributed by atoms with Gasteiger partial charge in [-0.15, -0.1) is 0 Å². The van der Waals surface area contributed by atoms with Gasteiger partial charge in [0.2, 0.25) is 0 Å². The number of rotatable bonds is 4. The Bertz CT molecular complexity index is 1350. The van der Waals surface area contributed by atoms with Gasteiger partial charge in [-0.1, -0.05) is 54.1 Å². The third-order valence-corrected chi connectivity index (χ3v) is 6.90. The summed E-state index contributed by atoms with van der Waals surface area (Å²) in [6.07, 6.45) is 1.06. The molecular weight excluding hydrogens is 463 g/mol. The first-order valence-corrected chi connectivity index (χ1v) is 11.9. The van der Waals surface area contributed by atoms with E-state index < -0.39 is 5.92 Å². The van der Waals surface area contributed by atoms with Crippen molar-refractivity contribution in [1.29, 1.82) is 0 Å². The van der Waals surface area contributed by atoms with Crippen LogP contribution in [0.25, 0.3) is 0 Å². The highest BCUT2D eigenvalue weighted by Gasteiger charge is 2.40. The second kappa shape index (κ2) is 9.51. The molecule has 3 aromatic carbocycles. The number of ketones is 1. The number of benzene rings is 3. The Hall–Kier alpha value is -3.70. The molecule has 5 rings (SSSR count). The van der Waals surface area contributed by atoms with E-state index in [2.05, 4.69) is 10.6 Å². The predicted molar refractivity (Wildman–Crippen MR) is 136 cm³/mol. The fraction of sp³-hybridized carbons (Fsp3) is 0.172. The fourth-order valence-electron chi connectivity index (χ4n) is 5.02. The Balaban J connectivity index is 1.55. The average Bonchev–Trinajstić information content (AvgIpc) is 2.85. The number of dihydropyridines is 1. The van der Waals surface area contributed by atoms with Crippen LogP contribution in [0.4, 0.5) is 10.1 Å². The van der Waals surface area contributed by atoms with E-state index in [1.807, 2.05) is 49.4 Å². The molecule has 0 aromatic heterocycles. The first-order chi connectivity index (χ1) is 16.9. The molecule has 2 aliphatic rings. The highest BCUT2D eigenvalue weighted by Crippen LogP contribution is 2.45. The molecule has 4 nitrogen and oxygen atoms in total. The Morgan fingerprint density at radius 3 is 2.31 bits per heavy atom. The number of hydrogen-bond donors (Lipinski definition) is 2. The summed E-state index contributed by atoms with van der Waals surface area (Å²) < 4.78 is 13.4. The number of nitrogens with one attached hydrogen (secondary N) is 2. The number of Topliss-reactive ketones (excluding diaryl/α,β-unsaturated/α-hetero) is 1. The zero-order chi connectivity index (χ0) is 24.5. The quantitative estimate of drug-likeness (QED) is 0.443. The van der Waals surface area contributed by atoms with Crippen molar-refractivity contribution in [2.45, 2.75) is 31.6 Å². The lowest BCUT2D eigenvalue weighted by molar-refractivity contribution is -0.116. The van der Waals surface area contributed by atoms with Gasteiger partial charge in [-0.2, -0.15) is 0 Å². The van der Waals surface area contributed by atoms with Crippen molar-refractivity contribution in [1.82, 2.24) is 5.32 Å². The molecule has 2 N–H and O–H groups in total. The minimum Gasteiger partial charge on any atom is -0.362 e. The highest BCUT2D eigenvalue weighted by molar-refractivity contribution is 6.30. The average molecular weight is 487 g/mol. The monoisotopic (exact) mass is 486 g/mol. The second-order valence-electron chi connectivity index (χ2n) is 8.94. The van der Waals surface area contributed by atoms with E-state index in [0.717, 1.165) is 16.8 Å². The molecule has 35 heavy (non-hydrogen) atoms. The van der Waals surface area contributed by atoms with Crippen molar-refractivity contribution in [3.05, 3.63) is 123 Å². The molecule has 1 aliphatic carbocycles. The number of amides is 1. The van der Waals surface area contributed by atoms with Crippen molar-refractivity contribution >= 4 is 29.0 Å². The Morgan fingerprint density at radius 1 is 0.943 bits per heavy atom. The van der Waals surface area contributed by atoms with Crippen LogP contribution in [0.2, 0.25) is 5.02 Å². The summed E-state index contributed by atoms with van der Waals surface area (Å²) in [5.74, 6) is -1.16. The zero-order valence-electron chi connectivity index (χ0n) is 19.1. The molecule has 3 aromatic rings. The van der Waals surface area contributed by atoms with Crippen molar-refractivity contribution in [2.75, 3.05) is 5.32 Å². The first kappa shape index (κ1) is 23.1. The van der Waals surface area contributed by atoms with E-state index in [9.17, 15) is 14.0 Å². The zero-order valence-corrected chi connectivity index (χ0v) is 19.9. The van der Waals surface area contributed by atoms with Crippen molar-refractivity contribution < 1.29 is 14.0 Å². The Morgan fingerprint density at radius 2 is 1.63 bits per heavy atom. The lowest BCUT2D eigenvalue weighted by Gasteiger charge is -2.37. The van der Waals surface area contributed by atoms with E-state index in [1.165, 1.54) is 24.3 Å². The molecular formula is C29H24ClFN2O2. The summed E-state index contributed by atoms with van der Waals surface area (Å²) >= 11 is 6.14. The summed E-state index contributed by atoms with van der Waals surface area (Å²) in [5.41, 5.74) is 5.04. The van der Waals surface area contributed by atoms with Gasteiger partial charge >= 0.3 is 0 Å². The standard InChI is InChI=1S/C29H24ClFN2O2/c1-17-26(29(35)33-23-13-11-22(31)12-14-23)27(19-7-9-21(30)10-8-19)28-24(32-17)15-20(16-25(28)34)18-5-3-2-4-6-18/h2-14,20,27,32H,15-16H2,1H3,(H,33,35)/t20-,27-/m1/s1. The van der Waals surface area contributed by atoms with Crippen LogP contribution in [0.1, 0.15) is 42.7 Å². The Labute approximate surface area is 208 Å². The van der Waals surface area contributed by atoms with E-state index in [-0.39, 0.29) is 23.4 Å². The van der Waals surface area contributed by atoms with Crippen LogP contribution in [0, 0.1) is 5.82 Å². The summed E-state index contributed by atoms with van der Waals surface area (Å²) in [7, 11) is 0. The van der Waals surface area contributed by atoms with Gasteiger partial charge in [-0.25, -0.2) is 4.39 Å². The van der Waals surface area contributed by atoms with Crippen LogP contribution in [-0.2, 0) is 9.59 Å². The van der Waals surface area contributed by atoms with Gasteiger partial charge < -0.3 is 10.6 Å². The summed E-state index contributed by atoms with van der Waals surface area (Å²) in [5, 5.41) is 6.82. The molecule has 0 spiro atoms. The SMILES string of the molecule is CC1=C(C(=O)Nc2ccc(F)cc2)[C@@H](c2ccc(Cl)cc2)C2=C(C[C@@H](c3ccccc3)CC2=O)N1. The van der Waals surface area contributed by atoms with E-state index in [0.29, 0.717) is 40.4 Å². The Kier molecular flexibility index (Phi) is 6.27. The topological polar surface area (TPSA) is 58.2 Å². The predicted octanol–water partition coefficient (Wildman–Crippen LogP) is 6.48. The maximum Gasteiger partial charge on any atom is 0.254 e. The lowest BCUT2D eigenvalue weighted by atomic mass is 9.71. The van der Waals surface area contributed by atoms with Crippen LogP contribution in [0.3, 0.4) is 0 Å². The number of allylic oxidation sites excluding steroid dienone is 3. The molecule has 1 aliphatic heterocycles. The summed E-state index contributed by atoms with van der Waals surface area (Å²) in [6.45, 7) is 1.85. The number of carbonyl (C=O) groups excluding carboxylic acids is 2. The summed E-state index contributed by atoms with van der Waals surface area (Å²) in [4.78, 5) is 27.1. The summed E-state index contributed by atoms with van der Waals surface area (Å²) in [6, 6.07) is 22.9. The molecule has 6 heteroatoms. The van der Waals surface area contributed by atoms with Gasteiger partial charge in [0.1, 0.15) is 5.82 Å². The molecule has 1 amide bonds. The third-order valence-electron chi connectivity index (χ3n) is 6.65. The number of anilines is 1. The first-order valence-electron chi connectivity index (χ1n) is 11.5. The lowest BCUT2D eigenvalue weighted by Crippen LogP contribution is -2.37. The van der Waals surface area contributed by atoms with Gasteiger partial charge in [0.15, 0.2) is 5.78 Å². The van der Waals surface area contributed by atoms with Crippen molar-refractivity contribution in [2.24, 2.45) is 0 Å². The maximum atomic E-state index is 13.6. The molecule has 2 atom stereocenters. The molecule has 0 unspecified atom stereocenters. The molecule has 176 valence electrons. The van der Waals surface area contributed by atoms with Crippen molar-refractivity contribution in [3.63, 3.8) is 0 Å². The van der Waals surface area contributed by atoms with Gasteiger partial charge in [0.05, 0.1) is 0 Å². The van der Waals surface area contributed by atoms with Gasteiger partial charge in [0, 0.05) is 45.6 Å². The van der Waals surface area contributed by atoms with E-state index in [4.69, 9.17) is 11.6 Å². The van der Waals surface area contributed by atoms with E-state index in [1.54, 1.807) is 12.1 Å². The number of carbonyl (C=O) groups is 2. The largest absolute Gasteiger partial charge is 0.362 e. The van der Waals surface area contributed by atoms with Crippen LogP contribution in [0.5, 0.6) is 0 Å². The number of halogens is 2. The minimum absolute atomic E-state index is 0.0205. The van der Waals surface area contributed by atoms with E-state index >= 15 is 0 Å². The van der Waals surface area contributed by atoms with Crippen LogP contribution >= 0.6 is 11.6 Å². The van der Waals surface area contributed by atoms with Gasteiger partial charge in [0.25, 0.3) is 5.91 Å². The van der Waals surface area contributed by atoms with Crippen molar-refractivity contribution in [3.8, 4) is 0 Å². The van der Waals surface area contributed by atoms with Gasteiger partial charge in [-0.05, 0) is 66.8 Å². The second-order valence-corrected chi connectivity index (χ2v) is 9.38. The minimum atomic E-state index is -0.534. The molecule has 0 bridgehead atoms. The molecule has 1 heterocycles. The van der Waals surface area contributed by atoms with Gasteiger partial charge in [-0.3, -0.25) is 9.59 Å².